The van der Waals surface area contributed by atoms with Crippen molar-refractivity contribution in [3.63, 3.8) is 0 Å². The molecule has 2 N–H and O–H groups in total. The van der Waals surface area contributed by atoms with E-state index >= 15 is 0 Å². The zero-order valence-electron chi connectivity index (χ0n) is 9.76. The van der Waals surface area contributed by atoms with E-state index in [0.717, 1.165) is 19.6 Å². The van der Waals surface area contributed by atoms with Crippen LogP contribution in [0, 0.1) is 0 Å². The molecule has 0 spiro atoms. The average molecular weight is 201 g/mol. The van der Waals surface area contributed by atoms with Gasteiger partial charge in [-0.25, -0.2) is 0 Å². The molecule has 0 aliphatic heterocycles. The van der Waals surface area contributed by atoms with Gasteiger partial charge in [-0.1, -0.05) is 0 Å². The molecule has 0 bridgehead atoms. The third-order valence-corrected chi connectivity index (χ3v) is 2.20. The molecule has 0 aromatic carbocycles. The Balaban J connectivity index is 3.17. The van der Waals surface area contributed by atoms with Gasteiger partial charge in [0.05, 0.1) is 0 Å². The third kappa shape index (κ3) is 8.01. The van der Waals surface area contributed by atoms with Crippen LogP contribution in [-0.2, 0) is 4.79 Å². The van der Waals surface area contributed by atoms with E-state index < -0.39 is 0 Å². The van der Waals surface area contributed by atoms with Crippen molar-refractivity contribution in [3.05, 3.63) is 0 Å². The van der Waals surface area contributed by atoms with Crippen LogP contribution in [0.25, 0.3) is 0 Å². The number of amides is 1. The van der Waals surface area contributed by atoms with Crippen molar-refractivity contribution >= 4 is 5.91 Å². The van der Waals surface area contributed by atoms with E-state index in [-0.39, 0.29) is 5.91 Å². The lowest BCUT2D eigenvalue weighted by Crippen LogP contribution is -2.36. The van der Waals surface area contributed by atoms with Crippen LogP contribution in [0.3, 0.4) is 0 Å². The fourth-order valence-electron chi connectivity index (χ4n) is 0.966. The highest BCUT2D eigenvalue weighted by atomic mass is 16.1. The first-order chi connectivity index (χ1) is 6.54. The van der Waals surface area contributed by atoms with Crippen molar-refractivity contribution < 1.29 is 4.79 Å². The number of hydrogen-bond acceptors (Lipinski definition) is 3. The van der Waals surface area contributed by atoms with Gasteiger partial charge < -0.3 is 15.5 Å². The zero-order chi connectivity index (χ0) is 11.0. The molecule has 4 heteroatoms. The summed E-state index contributed by atoms with van der Waals surface area (Å²) in [5.41, 5.74) is 0. The number of rotatable bonds is 7. The molecule has 0 saturated carbocycles. The summed E-state index contributed by atoms with van der Waals surface area (Å²) in [5.74, 6) is 0.0334. The van der Waals surface area contributed by atoms with Crippen molar-refractivity contribution in [1.29, 1.82) is 0 Å². The molecule has 0 heterocycles. The van der Waals surface area contributed by atoms with Gasteiger partial charge in [0.1, 0.15) is 0 Å². The van der Waals surface area contributed by atoms with Crippen LogP contribution in [0.2, 0.25) is 0 Å². The maximum absolute atomic E-state index is 10.5. The molecule has 0 rings (SSSR count). The number of nitrogens with zero attached hydrogens (tertiary/aromatic N) is 1. The molecule has 0 saturated heterocycles. The number of hydrogen-bond donors (Lipinski definition) is 2. The van der Waals surface area contributed by atoms with Gasteiger partial charge in [-0.05, 0) is 20.9 Å². The number of carbonyl (C=O) groups is 1. The Hall–Kier alpha value is -0.610. The molecule has 0 atom stereocenters. The quantitative estimate of drug-likeness (QED) is 0.572. The summed E-state index contributed by atoms with van der Waals surface area (Å²) in [6, 6.07) is 0.590. The summed E-state index contributed by atoms with van der Waals surface area (Å²) in [5, 5.41) is 6.01. The second kappa shape index (κ2) is 7.76. The van der Waals surface area contributed by atoms with Crippen LogP contribution in [0.1, 0.15) is 20.8 Å². The second-order valence-corrected chi connectivity index (χ2v) is 3.81. The van der Waals surface area contributed by atoms with E-state index in [4.69, 9.17) is 0 Å². The van der Waals surface area contributed by atoms with Crippen molar-refractivity contribution in [2.45, 2.75) is 26.8 Å². The normalized spacial score (nSPS) is 11.0. The van der Waals surface area contributed by atoms with Crippen LogP contribution in [-0.4, -0.2) is 50.1 Å². The smallest absolute Gasteiger partial charge is 0.216 e. The largest absolute Gasteiger partial charge is 0.355 e. The van der Waals surface area contributed by atoms with Crippen LogP contribution in [0.5, 0.6) is 0 Å². The molecule has 0 aliphatic rings. The maximum atomic E-state index is 10.5. The molecule has 0 aromatic heterocycles. The van der Waals surface area contributed by atoms with Gasteiger partial charge in [0, 0.05) is 39.1 Å². The molecular weight excluding hydrogens is 178 g/mol. The Morgan fingerprint density at radius 1 is 1.29 bits per heavy atom. The molecule has 0 aliphatic carbocycles. The molecule has 14 heavy (non-hydrogen) atoms. The van der Waals surface area contributed by atoms with Gasteiger partial charge in [0.25, 0.3) is 0 Å². The van der Waals surface area contributed by atoms with E-state index in [0.29, 0.717) is 12.6 Å². The molecular formula is C10H23N3O. The Morgan fingerprint density at radius 2 is 1.93 bits per heavy atom. The fraction of sp³-hybridized carbons (Fsp3) is 0.900. The highest BCUT2D eigenvalue weighted by Gasteiger charge is 2.00. The summed E-state index contributed by atoms with van der Waals surface area (Å²) in [6.45, 7) is 9.44. The summed E-state index contributed by atoms with van der Waals surface area (Å²) in [6.07, 6.45) is 0. The fourth-order valence-corrected chi connectivity index (χ4v) is 0.966. The topological polar surface area (TPSA) is 44.4 Å². The van der Waals surface area contributed by atoms with Crippen molar-refractivity contribution in [1.82, 2.24) is 15.5 Å². The highest BCUT2D eigenvalue weighted by molar-refractivity contribution is 5.72. The van der Waals surface area contributed by atoms with Crippen LogP contribution >= 0.6 is 0 Å². The average Bonchev–Trinajstić information content (AvgIpc) is 2.09. The summed E-state index contributed by atoms with van der Waals surface area (Å²) in [7, 11) is 2.11. The first kappa shape index (κ1) is 13.4. The van der Waals surface area contributed by atoms with Crippen molar-refractivity contribution in [2.75, 3.05) is 33.2 Å². The Morgan fingerprint density at radius 3 is 2.43 bits per heavy atom. The Kier molecular flexibility index (Phi) is 7.42. The van der Waals surface area contributed by atoms with E-state index in [9.17, 15) is 4.79 Å². The second-order valence-electron chi connectivity index (χ2n) is 3.81. The highest BCUT2D eigenvalue weighted by Crippen LogP contribution is 1.90. The van der Waals surface area contributed by atoms with Crippen LogP contribution in [0.4, 0.5) is 0 Å². The minimum atomic E-state index is 0.0334. The first-order valence-electron chi connectivity index (χ1n) is 5.19. The van der Waals surface area contributed by atoms with Gasteiger partial charge in [-0.15, -0.1) is 0 Å². The standard InChI is InChI=1S/C10H23N3O/c1-9(2)13(4)8-7-11-5-6-12-10(3)14/h9,11H,5-8H2,1-4H3,(H,12,14). The lowest BCUT2D eigenvalue weighted by atomic mass is 10.3. The summed E-state index contributed by atoms with van der Waals surface area (Å²) in [4.78, 5) is 12.8. The molecule has 0 fully saturated rings. The Bertz CT molecular complexity index is 159. The zero-order valence-corrected chi connectivity index (χ0v) is 9.76. The van der Waals surface area contributed by atoms with Crippen molar-refractivity contribution in [2.24, 2.45) is 0 Å². The molecule has 0 radical (unpaired) electrons. The Labute approximate surface area is 87.0 Å². The number of carbonyl (C=O) groups excluding carboxylic acids is 1. The van der Waals surface area contributed by atoms with Gasteiger partial charge in [0.15, 0.2) is 0 Å². The van der Waals surface area contributed by atoms with E-state index in [1.807, 2.05) is 0 Å². The summed E-state index contributed by atoms with van der Waals surface area (Å²) < 4.78 is 0. The monoisotopic (exact) mass is 201 g/mol. The number of nitrogens with one attached hydrogen (secondary N) is 2. The van der Waals surface area contributed by atoms with Gasteiger partial charge in [-0.3, -0.25) is 4.79 Å². The van der Waals surface area contributed by atoms with Crippen molar-refractivity contribution in [3.8, 4) is 0 Å². The van der Waals surface area contributed by atoms with Gasteiger partial charge >= 0.3 is 0 Å². The van der Waals surface area contributed by atoms with E-state index in [1.54, 1.807) is 0 Å². The third-order valence-electron chi connectivity index (χ3n) is 2.20. The van der Waals surface area contributed by atoms with Crippen LogP contribution < -0.4 is 10.6 Å². The predicted octanol–water partition coefficient (Wildman–Crippen LogP) is 0.0523. The van der Waals surface area contributed by atoms with Gasteiger partial charge in [0.2, 0.25) is 5.91 Å². The van der Waals surface area contributed by atoms with E-state index in [2.05, 4.69) is 36.4 Å². The van der Waals surface area contributed by atoms with E-state index in [1.165, 1.54) is 6.92 Å². The number of likely N-dealkylation sites (N-methyl/N-ethyl adjacent to an activating group) is 1. The first-order valence-corrected chi connectivity index (χ1v) is 5.19. The molecule has 0 unspecified atom stereocenters. The van der Waals surface area contributed by atoms with Crippen LogP contribution in [0.15, 0.2) is 0 Å². The lowest BCUT2D eigenvalue weighted by molar-refractivity contribution is -0.118. The SMILES string of the molecule is CC(=O)NCCNCCN(C)C(C)C. The predicted molar refractivity (Wildman–Crippen MR) is 59.3 cm³/mol. The minimum Gasteiger partial charge on any atom is -0.355 e. The molecule has 4 nitrogen and oxygen atoms in total. The molecule has 84 valence electrons. The minimum absolute atomic E-state index is 0.0334. The molecule has 0 aromatic rings. The lowest BCUT2D eigenvalue weighted by Gasteiger charge is -2.20. The molecule has 1 amide bonds. The van der Waals surface area contributed by atoms with Gasteiger partial charge in [-0.2, -0.15) is 0 Å². The maximum Gasteiger partial charge on any atom is 0.216 e. The summed E-state index contributed by atoms with van der Waals surface area (Å²) >= 11 is 0.